The van der Waals surface area contributed by atoms with E-state index in [1.807, 2.05) is 54.6 Å². The first kappa shape index (κ1) is 13.1. The Morgan fingerprint density at radius 1 is 1.10 bits per heavy atom. The van der Waals surface area contributed by atoms with Crippen LogP contribution in [0.15, 0.2) is 64.2 Å². The number of hydrazone groups is 1. The lowest BCUT2D eigenvalue weighted by Gasteiger charge is -1.99. The maximum atomic E-state index is 4.99. The quantitative estimate of drug-likeness (QED) is 0.586. The summed E-state index contributed by atoms with van der Waals surface area (Å²) in [5, 5.41) is 8.12. The summed E-state index contributed by atoms with van der Waals surface area (Å²) >= 11 is 0. The average Bonchev–Trinajstić information content (AvgIpc) is 2.95. The fourth-order valence-corrected chi connectivity index (χ4v) is 1.87. The van der Waals surface area contributed by atoms with Gasteiger partial charge in [-0.3, -0.25) is 5.43 Å². The van der Waals surface area contributed by atoms with Crippen molar-refractivity contribution in [3.05, 3.63) is 66.1 Å². The first-order valence-electron chi connectivity index (χ1n) is 6.56. The highest BCUT2D eigenvalue weighted by atomic mass is 16.5. The van der Waals surface area contributed by atoms with E-state index in [9.17, 15) is 0 Å². The van der Waals surface area contributed by atoms with Gasteiger partial charge in [-0.15, -0.1) is 0 Å². The first-order chi connectivity index (χ1) is 10.3. The maximum Gasteiger partial charge on any atom is 0.223 e. The first-order valence-corrected chi connectivity index (χ1v) is 6.56. The summed E-state index contributed by atoms with van der Waals surface area (Å²) in [6.45, 7) is 1.77. The van der Waals surface area contributed by atoms with Gasteiger partial charge in [0.25, 0.3) is 0 Å². The number of hydrogen-bond acceptors (Lipinski definition) is 5. The predicted molar refractivity (Wildman–Crippen MR) is 82.1 cm³/mol. The Bertz CT molecular complexity index is 750. The van der Waals surface area contributed by atoms with E-state index in [-0.39, 0.29) is 0 Å². The molecule has 104 valence electrons. The zero-order chi connectivity index (χ0) is 14.5. The number of nitrogens with zero attached hydrogens (tertiary/aromatic N) is 3. The molecule has 21 heavy (non-hydrogen) atoms. The minimum absolute atomic E-state index is 0.551. The molecule has 0 spiro atoms. The predicted octanol–water partition coefficient (Wildman–Crippen LogP) is 3.49. The minimum atomic E-state index is 0.551. The molecule has 3 rings (SSSR count). The van der Waals surface area contributed by atoms with E-state index in [4.69, 9.17) is 4.52 Å². The summed E-state index contributed by atoms with van der Waals surface area (Å²) in [5.74, 6) is 1.13. The molecule has 0 radical (unpaired) electrons. The summed E-state index contributed by atoms with van der Waals surface area (Å²) in [7, 11) is 0. The van der Waals surface area contributed by atoms with E-state index in [0.29, 0.717) is 11.7 Å². The van der Waals surface area contributed by atoms with Crippen molar-refractivity contribution < 1.29 is 4.52 Å². The highest BCUT2D eigenvalue weighted by molar-refractivity contribution is 5.82. The molecule has 0 aliphatic rings. The number of aryl methyl sites for hydroxylation is 1. The largest absolute Gasteiger partial charge is 0.339 e. The molecule has 0 bridgehead atoms. The molecule has 0 atom stereocenters. The van der Waals surface area contributed by atoms with Gasteiger partial charge >= 0.3 is 0 Å². The fraction of sp³-hybridized carbons (Fsp3) is 0.0625. The Labute approximate surface area is 122 Å². The van der Waals surface area contributed by atoms with Gasteiger partial charge in [-0.25, -0.2) is 0 Å². The van der Waals surface area contributed by atoms with Crippen molar-refractivity contribution in [1.29, 1.82) is 0 Å². The Hall–Kier alpha value is -2.95. The number of anilines is 1. The fourth-order valence-electron chi connectivity index (χ4n) is 1.87. The second-order valence-corrected chi connectivity index (χ2v) is 4.50. The van der Waals surface area contributed by atoms with E-state index >= 15 is 0 Å². The standard InChI is InChI=1S/C16H14N4O/c1-12-18-16(20-21-12)14-7-5-6-13(10-14)11-17-19-15-8-3-2-4-9-15/h2-11,19H,1H3. The summed E-state index contributed by atoms with van der Waals surface area (Å²) in [6.07, 6.45) is 1.75. The van der Waals surface area contributed by atoms with Crippen LogP contribution in [0.4, 0.5) is 5.69 Å². The van der Waals surface area contributed by atoms with Gasteiger partial charge in [-0.1, -0.05) is 41.6 Å². The molecule has 1 N–H and O–H groups in total. The monoisotopic (exact) mass is 278 g/mol. The van der Waals surface area contributed by atoms with E-state index < -0.39 is 0 Å². The van der Waals surface area contributed by atoms with E-state index in [1.165, 1.54) is 0 Å². The zero-order valence-electron chi connectivity index (χ0n) is 11.5. The SMILES string of the molecule is Cc1nc(-c2cccc(C=NNc3ccccc3)c2)no1. The Balaban J connectivity index is 1.74. The Morgan fingerprint density at radius 3 is 2.71 bits per heavy atom. The lowest BCUT2D eigenvalue weighted by molar-refractivity contribution is 0.394. The molecule has 0 aliphatic carbocycles. The molecule has 5 nitrogen and oxygen atoms in total. The molecule has 0 saturated heterocycles. The normalized spacial score (nSPS) is 10.9. The van der Waals surface area contributed by atoms with Crippen molar-refractivity contribution in [1.82, 2.24) is 10.1 Å². The van der Waals surface area contributed by atoms with Crippen LogP contribution in [0.1, 0.15) is 11.5 Å². The van der Waals surface area contributed by atoms with Gasteiger partial charge in [0.1, 0.15) is 0 Å². The topological polar surface area (TPSA) is 63.3 Å². The third kappa shape index (κ3) is 3.33. The smallest absolute Gasteiger partial charge is 0.223 e. The van der Waals surface area contributed by atoms with Crippen molar-refractivity contribution >= 4 is 11.9 Å². The molecular formula is C16H14N4O. The van der Waals surface area contributed by atoms with Crippen molar-refractivity contribution in [3.8, 4) is 11.4 Å². The van der Waals surface area contributed by atoms with Gasteiger partial charge in [-0.2, -0.15) is 10.1 Å². The molecular weight excluding hydrogens is 264 g/mol. The summed E-state index contributed by atoms with van der Waals surface area (Å²) in [6, 6.07) is 17.6. The molecule has 0 saturated carbocycles. The zero-order valence-corrected chi connectivity index (χ0v) is 11.5. The van der Waals surface area contributed by atoms with Crippen LogP contribution >= 0.6 is 0 Å². The molecule has 3 aromatic rings. The molecule has 1 aromatic heterocycles. The van der Waals surface area contributed by atoms with E-state index in [0.717, 1.165) is 16.8 Å². The van der Waals surface area contributed by atoms with E-state index in [2.05, 4.69) is 20.7 Å². The van der Waals surface area contributed by atoms with Crippen LogP contribution in [0.3, 0.4) is 0 Å². The summed E-state index contributed by atoms with van der Waals surface area (Å²) < 4.78 is 4.99. The van der Waals surface area contributed by atoms with Crippen molar-refractivity contribution in [2.24, 2.45) is 5.10 Å². The van der Waals surface area contributed by atoms with Crippen LogP contribution in [-0.4, -0.2) is 16.4 Å². The van der Waals surface area contributed by atoms with Gasteiger partial charge in [0.2, 0.25) is 11.7 Å². The molecule has 0 fully saturated rings. The highest BCUT2D eigenvalue weighted by Gasteiger charge is 2.05. The summed E-state index contributed by atoms with van der Waals surface area (Å²) in [4.78, 5) is 4.21. The molecule has 0 unspecified atom stereocenters. The third-order valence-corrected chi connectivity index (χ3v) is 2.85. The van der Waals surface area contributed by atoms with Crippen molar-refractivity contribution in [3.63, 3.8) is 0 Å². The Morgan fingerprint density at radius 2 is 1.95 bits per heavy atom. The minimum Gasteiger partial charge on any atom is -0.339 e. The van der Waals surface area contributed by atoms with Gasteiger partial charge in [0.05, 0.1) is 11.9 Å². The molecule has 1 heterocycles. The van der Waals surface area contributed by atoms with Gasteiger partial charge in [0, 0.05) is 12.5 Å². The third-order valence-electron chi connectivity index (χ3n) is 2.85. The molecule has 2 aromatic carbocycles. The number of rotatable bonds is 4. The number of nitrogens with one attached hydrogen (secondary N) is 1. The van der Waals surface area contributed by atoms with Gasteiger partial charge in [-0.05, 0) is 23.8 Å². The molecule has 5 heteroatoms. The van der Waals surface area contributed by atoms with Crippen LogP contribution in [-0.2, 0) is 0 Å². The van der Waals surface area contributed by atoms with Crippen LogP contribution in [0.2, 0.25) is 0 Å². The lowest BCUT2D eigenvalue weighted by atomic mass is 10.1. The summed E-state index contributed by atoms with van der Waals surface area (Å²) in [5.41, 5.74) is 5.77. The van der Waals surface area contributed by atoms with E-state index in [1.54, 1.807) is 13.1 Å². The second-order valence-electron chi connectivity index (χ2n) is 4.50. The number of benzene rings is 2. The number of aromatic nitrogens is 2. The number of hydrogen-bond donors (Lipinski definition) is 1. The number of para-hydroxylation sites is 1. The highest BCUT2D eigenvalue weighted by Crippen LogP contribution is 2.16. The molecule has 0 amide bonds. The lowest BCUT2D eigenvalue weighted by Crippen LogP contribution is -1.91. The van der Waals surface area contributed by atoms with Crippen LogP contribution in [0, 0.1) is 6.92 Å². The second kappa shape index (κ2) is 6.00. The van der Waals surface area contributed by atoms with Gasteiger partial charge < -0.3 is 4.52 Å². The van der Waals surface area contributed by atoms with Crippen LogP contribution in [0.25, 0.3) is 11.4 Å². The van der Waals surface area contributed by atoms with Crippen molar-refractivity contribution in [2.45, 2.75) is 6.92 Å². The molecule has 0 aliphatic heterocycles. The van der Waals surface area contributed by atoms with Crippen LogP contribution in [0.5, 0.6) is 0 Å². The van der Waals surface area contributed by atoms with Crippen molar-refractivity contribution in [2.75, 3.05) is 5.43 Å². The Kier molecular flexibility index (Phi) is 3.73. The average molecular weight is 278 g/mol. The van der Waals surface area contributed by atoms with Crippen LogP contribution < -0.4 is 5.43 Å². The van der Waals surface area contributed by atoms with Gasteiger partial charge in [0.15, 0.2) is 0 Å². The maximum absolute atomic E-state index is 4.99.